The Labute approximate surface area is 191 Å². The summed E-state index contributed by atoms with van der Waals surface area (Å²) in [5.41, 5.74) is 10.7. The number of primary amides is 1. The zero-order valence-electron chi connectivity index (χ0n) is 17.9. The van der Waals surface area contributed by atoms with E-state index < -0.39 is 60.2 Å². The molecule has 5 unspecified atom stereocenters. The maximum Gasteiger partial charge on any atom is 0.326 e. The minimum absolute atomic E-state index is 0.0156. The third-order valence-corrected chi connectivity index (χ3v) is 5.63. The lowest BCUT2D eigenvalue weighted by molar-refractivity contribution is -0.144. The predicted molar refractivity (Wildman–Crippen MR) is 122 cm³/mol. The number of rotatable bonds is 15. The van der Waals surface area contributed by atoms with Gasteiger partial charge < -0.3 is 32.5 Å². The van der Waals surface area contributed by atoms with E-state index in [0.717, 1.165) is 0 Å². The fraction of sp³-hybridized carbons (Fsp3) is 0.722. The molecule has 0 aliphatic rings. The summed E-state index contributed by atoms with van der Waals surface area (Å²) in [6.45, 7) is 3.49. The lowest BCUT2D eigenvalue weighted by Gasteiger charge is -2.26. The standard InChI is InChI=1S/C18H33N5O6S2/c1-4-9(2)14(18(28)29)23-16(26)11(5-6-31-3)21-17(27)12(7-13(20)24)22-15(25)10(19)8-30/h9-12,14,30H,4-8,19H2,1-3H3,(H2,20,24)(H,21,27)(H,22,25)(H,23,26)(H,28,29). The van der Waals surface area contributed by atoms with Gasteiger partial charge in [0.1, 0.15) is 18.1 Å². The molecule has 4 amide bonds. The second-order valence-corrected chi connectivity index (χ2v) is 8.42. The Balaban J connectivity index is 5.48. The first-order valence-electron chi connectivity index (χ1n) is 9.75. The van der Waals surface area contributed by atoms with E-state index in [9.17, 15) is 29.1 Å². The summed E-state index contributed by atoms with van der Waals surface area (Å²) in [7, 11) is 0. The van der Waals surface area contributed by atoms with Crippen molar-refractivity contribution in [1.82, 2.24) is 16.0 Å². The molecule has 0 saturated carbocycles. The number of hydrogen-bond acceptors (Lipinski definition) is 8. The van der Waals surface area contributed by atoms with Crippen LogP contribution in [0.4, 0.5) is 0 Å². The molecule has 5 atom stereocenters. The molecule has 0 heterocycles. The number of thiol groups is 1. The van der Waals surface area contributed by atoms with Crippen molar-refractivity contribution >= 4 is 54.0 Å². The van der Waals surface area contributed by atoms with Gasteiger partial charge in [-0.1, -0.05) is 20.3 Å². The third-order valence-electron chi connectivity index (χ3n) is 4.59. The van der Waals surface area contributed by atoms with Crippen molar-refractivity contribution < 1.29 is 29.1 Å². The van der Waals surface area contributed by atoms with E-state index in [1.165, 1.54) is 11.8 Å². The number of aliphatic carboxylic acids is 1. The van der Waals surface area contributed by atoms with E-state index in [4.69, 9.17) is 11.5 Å². The number of thioether (sulfide) groups is 1. The van der Waals surface area contributed by atoms with Gasteiger partial charge in [0.25, 0.3) is 0 Å². The van der Waals surface area contributed by atoms with Gasteiger partial charge in [-0.2, -0.15) is 24.4 Å². The molecule has 0 fully saturated rings. The first-order chi connectivity index (χ1) is 14.5. The smallest absolute Gasteiger partial charge is 0.326 e. The highest BCUT2D eigenvalue weighted by Gasteiger charge is 2.32. The molecular formula is C18H33N5O6S2. The molecule has 0 aliphatic carbocycles. The van der Waals surface area contributed by atoms with Gasteiger partial charge in [-0.15, -0.1) is 0 Å². The summed E-state index contributed by atoms with van der Waals surface area (Å²) in [4.78, 5) is 60.3. The first kappa shape index (κ1) is 29.0. The van der Waals surface area contributed by atoms with Crippen molar-refractivity contribution in [3.8, 4) is 0 Å². The molecule has 13 heteroatoms. The van der Waals surface area contributed by atoms with Gasteiger partial charge in [0, 0.05) is 5.75 Å². The van der Waals surface area contributed by atoms with Crippen LogP contribution in [-0.4, -0.2) is 76.6 Å². The quantitative estimate of drug-likeness (QED) is 0.137. The van der Waals surface area contributed by atoms with Gasteiger partial charge in [0.2, 0.25) is 23.6 Å². The van der Waals surface area contributed by atoms with Crippen LogP contribution in [0.3, 0.4) is 0 Å². The van der Waals surface area contributed by atoms with E-state index in [-0.39, 0.29) is 18.1 Å². The second-order valence-electron chi connectivity index (χ2n) is 7.07. The Morgan fingerprint density at radius 3 is 2.03 bits per heavy atom. The van der Waals surface area contributed by atoms with Crippen LogP contribution in [0.25, 0.3) is 0 Å². The Hall–Kier alpha value is -1.99. The summed E-state index contributed by atoms with van der Waals surface area (Å²) >= 11 is 5.34. The highest BCUT2D eigenvalue weighted by atomic mass is 32.2. The molecule has 0 aromatic rings. The van der Waals surface area contributed by atoms with Crippen molar-refractivity contribution in [3.05, 3.63) is 0 Å². The lowest BCUT2D eigenvalue weighted by atomic mass is 9.98. The second kappa shape index (κ2) is 14.9. The number of nitrogens with one attached hydrogen (secondary N) is 3. The molecule has 0 bridgehead atoms. The van der Waals surface area contributed by atoms with Crippen LogP contribution in [-0.2, 0) is 24.0 Å². The van der Waals surface area contributed by atoms with Gasteiger partial charge in [-0.3, -0.25) is 19.2 Å². The molecule has 8 N–H and O–H groups in total. The molecular weight excluding hydrogens is 446 g/mol. The summed E-state index contributed by atoms with van der Waals surface area (Å²) in [6, 6.07) is -4.54. The van der Waals surface area contributed by atoms with Crippen molar-refractivity contribution in [2.24, 2.45) is 17.4 Å². The number of nitrogens with two attached hydrogens (primary N) is 2. The highest BCUT2D eigenvalue weighted by molar-refractivity contribution is 7.98. The van der Waals surface area contributed by atoms with Crippen LogP contribution >= 0.6 is 24.4 Å². The summed E-state index contributed by atoms with van der Waals surface area (Å²) < 4.78 is 0. The SMILES string of the molecule is CCC(C)C(NC(=O)C(CCSC)NC(=O)C(CC(N)=O)NC(=O)C(N)CS)C(=O)O. The van der Waals surface area contributed by atoms with E-state index in [1.807, 2.05) is 6.26 Å². The normalized spacial score (nSPS) is 15.6. The summed E-state index contributed by atoms with van der Waals surface area (Å²) in [6.07, 6.45) is 2.04. The molecule has 0 radical (unpaired) electrons. The van der Waals surface area contributed by atoms with Crippen LogP contribution in [0.2, 0.25) is 0 Å². The number of carbonyl (C=O) groups excluding carboxylic acids is 4. The van der Waals surface area contributed by atoms with Gasteiger partial charge >= 0.3 is 5.97 Å². The minimum atomic E-state index is -1.34. The van der Waals surface area contributed by atoms with Crippen LogP contribution in [0.5, 0.6) is 0 Å². The lowest BCUT2D eigenvalue weighted by Crippen LogP contribution is -2.58. The van der Waals surface area contributed by atoms with Gasteiger partial charge in [-0.05, 0) is 24.3 Å². The summed E-state index contributed by atoms with van der Waals surface area (Å²) in [5, 5.41) is 16.7. The number of hydrogen-bond donors (Lipinski definition) is 7. The van der Waals surface area contributed by atoms with E-state index in [2.05, 4.69) is 28.6 Å². The largest absolute Gasteiger partial charge is 0.480 e. The van der Waals surface area contributed by atoms with Gasteiger partial charge in [0.15, 0.2) is 0 Å². The number of carboxylic acids is 1. The van der Waals surface area contributed by atoms with Crippen molar-refractivity contribution in [3.63, 3.8) is 0 Å². The fourth-order valence-electron chi connectivity index (χ4n) is 2.49. The molecule has 0 aromatic heterocycles. The minimum Gasteiger partial charge on any atom is -0.480 e. The Morgan fingerprint density at radius 2 is 1.58 bits per heavy atom. The van der Waals surface area contributed by atoms with Crippen molar-refractivity contribution in [2.75, 3.05) is 17.8 Å². The van der Waals surface area contributed by atoms with Crippen molar-refractivity contribution in [2.45, 2.75) is 57.3 Å². The average molecular weight is 480 g/mol. The molecule has 31 heavy (non-hydrogen) atoms. The monoisotopic (exact) mass is 479 g/mol. The van der Waals surface area contributed by atoms with Crippen LogP contribution in [0.1, 0.15) is 33.1 Å². The van der Waals surface area contributed by atoms with Gasteiger partial charge in [-0.25, -0.2) is 4.79 Å². The van der Waals surface area contributed by atoms with E-state index in [0.29, 0.717) is 12.2 Å². The average Bonchev–Trinajstić information content (AvgIpc) is 2.71. The van der Waals surface area contributed by atoms with Crippen LogP contribution in [0.15, 0.2) is 0 Å². The highest BCUT2D eigenvalue weighted by Crippen LogP contribution is 2.10. The van der Waals surface area contributed by atoms with Gasteiger partial charge in [0.05, 0.1) is 12.5 Å². The van der Waals surface area contributed by atoms with E-state index >= 15 is 0 Å². The van der Waals surface area contributed by atoms with Crippen LogP contribution < -0.4 is 27.4 Å². The van der Waals surface area contributed by atoms with Crippen molar-refractivity contribution in [1.29, 1.82) is 0 Å². The molecule has 0 saturated heterocycles. The number of carbonyl (C=O) groups is 5. The Kier molecular flexibility index (Phi) is 14.0. The fourth-order valence-corrected chi connectivity index (χ4v) is 3.12. The first-order valence-corrected chi connectivity index (χ1v) is 11.8. The third kappa shape index (κ3) is 10.7. The molecule has 0 aromatic carbocycles. The molecule has 11 nitrogen and oxygen atoms in total. The summed E-state index contributed by atoms with van der Waals surface area (Å²) in [5.74, 6) is -4.03. The predicted octanol–water partition coefficient (Wildman–Crippen LogP) is -1.54. The molecule has 0 aliphatic heterocycles. The molecule has 178 valence electrons. The van der Waals surface area contributed by atoms with E-state index in [1.54, 1.807) is 13.8 Å². The van der Waals surface area contributed by atoms with Crippen LogP contribution in [0, 0.1) is 5.92 Å². The molecule has 0 rings (SSSR count). The topological polar surface area (TPSA) is 194 Å². The zero-order valence-corrected chi connectivity index (χ0v) is 19.6. The Morgan fingerprint density at radius 1 is 1.03 bits per heavy atom. The zero-order chi connectivity index (χ0) is 24.1. The maximum atomic E-state index is 12.7. The number of carboxylic acid groups (broad SMARTS) is 1. The number of amides is 4. The Bertz CT molecular complexity index is 651. The molecule has 0 spiro atoms. The maximum absolute atomic E-state index is 12.7.